The van der Waals surface area contributed by atoms with Crippen LogP contribution in [0.2, 0.25) is 0 Å². The lowest BCUT2D eigenvalue weighted by molar-refractivity contribution is 0.128. The van der Waals surface area contributed by atoms with E-state index in [1.165, 1.54) is 6.07 Å². The van der Waals surface area contributed by atoms with Crippen LogP contribution in [0.25, 0.3) is 0 Å². The molecule has 0 saturated carbocycles. The third-order valence-electron chi connectivity index (χ3n) is 2.86. The van der Waals surface area contributed by atoms with Crippen molar-refractivity contribution in [3.05, 3.63) is 29.6 Å². The molecule has 3 nitrogen and oxygen atoms in total. The van der Waals surface area contributed by atoms with Gasteiger partial charge in [0.15, 0.2) is 0 Å². The first-order valence-corrected chi connectivity index (χ1v) is 7.15. The second kappa shape index (κ2) is 5.60. The molecular formula is C12H16FNO2S. The predicted molar refractivity (Wildman–Crippen MR) is 66.5 cm³/mol. The summed E-state index contributed by atoms with van der Waals surface area (Å²) in [6.07, 6.45) is 2.02. The number of halogens is 1. The number of hydrogen-bond acceptors (Lipinski definition) is 3. The quantitative estimate of drug-likeness (QED) is 0.837. The Morgan fingerprint density at radius 2 is 2.35 bits per heavy atom. The van der Waals surface area contributed by atoms with Gasteiger partial charge in [-0.1, -0.05) is 6.07 Å². The maximum Gasteiger partial charge on any atom is 0.129 e. The van der Waals surface area contributed by atoms with Crippen molar-refractivity contribution in [3.8, 4) is 0 Å². The molecule has 0 amide bonds. The van der Waals surface area contributed by atoms with Crippen molar-refractivity contribution >= 4 is 16.5 Å². The van der Waals surface area contributed by atoms with E-state index in [-0.39, 0.29) is 17.7 Å². The molecule has 2 rings (SSSR count). The molecular weight excluding hydrogens is 241 g/mol. The Morgan fingerprint density at radius 1 is 1.53 bits per heavy atom. The van der Waals surface area contributed by atoms with Crippen molar-refractivity contribution < 1.29 is 13.3 Å². The predicted octanol–water partition coefficient (Wildman–Crippen LogP) is 1.84. The minimum Gasteiger partial charge on any atom is -0.398 e. The van der Waals surface area contributed by atoms with Crippen LogP contribution in [0.4, 0.5) is 10.1 Å². The highest BCUT2D eigenvalue weighted by molar-refractivity contribution is 7.84. The Kier molecular flexibility index (Phi) is 4.12. The zero-order valence-electron chi connectivity index (χ0n) is 9.52. The van der Waals surface area contributed by atoms with Crippen LogP contribution in [-0.2, 0) is 21.3 Å². The number of nitrogen functional groups attached to an aromatic ring is 1. The van der Waals surface area contributed by atoms with Crippen molar-refractivity contribution in [2.45, 2.75) is 24.7 Å². The van der Waals surface area contributed by atoms with E-state index in [1.54, 1.807) is 12.1 Å². The van der Waals surface area contributed by atoms with Crippen LogP contribution >= 0.6 is 0 Å². The largest absolute Gasteiger partial charge is 0.398 e. The third-order valence-corrected chi connectivity index (χ3v) is 4.21. The smallest absolute Gasteiger partial charge is 0.129 e. The van der Waals surface area contributed by atoms with Crippen LogP contribution in [0.15, 0.2) is 18.2 Å². The average molecular weight is 257 g/mol. The molecule has 1 saturated heterocycles. The van der Waals surface area contributed by atoms with Gasteiger partial charge in [-0.15, -0.1) is 0 Å². The van der Waals surface area contributed by atoms with Crippen LogP contribution in [0.3, 0.4) is 0 Å². The van der Waals surface area contributed by atoms with Crippen molar-refractivity contribution in [2.24, 2.45) is 0 Å². The maximum absolute atomic E-state index is 13.5. The maximum atomic E-state index is 13.5. The van der Waals surface area contributed by atoms with Crippen LogP contribution in [-0.4, -0.2) is 22.7 Å². The summed E-state index contributed by atoms with van der Waals surface area (Å²) in [5, 5.41) is 0. The molecule has 1 aliphatic heterocycles. The first kappa shape index (κ1) is 12.5. The van der Waals surface area contributed by atoms with Crippen molar-refractivity contribution in [1.29, 1.82) is 0 Å². The summed E-state index contributed by atoms with van der Waals surface area (Å²) < 4.78 is 30.8. The molecule has 0 bridgehead atoms. The first-order valence-electron chi connectivity index (χ1n) is 5.66. The molecule has 0 spiro atoms. The summed E-state index contributed by atoms with van der Waals surface area (Å²) in [7, 11) is -1.13. The van der Waals surface area contributed by atoms with Crippen LogP contribution in [0.5, 0.6) is 0 Å². The summed E-state index contributed by atoms with van der Waals surface area (Å²) in [4.78, 5) is 0. The zero-order valence-corrected chi connectivity index (χ0v) is 10.3. The molecule has 5 heteroatoms. The van der Waals surface area contributed by atoms with E-state index < -0.39 is 10.8 Å². The van der Waals surface area contributed by atoms with Crippen LogP contribution in [0, 0.1) is 5.82 Å². The van der Waals surface area contributed by atoms with Gasteiger partial charge in [0.05, 0.1) is 17.6 Å². The van der Waals surface area contributed by atoms with E-state index in [9.17, 15) is 8.60 Å². The van der Waals surface area contributed by atoms with Crippen LogP contribution in [0.1, 0.15) is 18.4 Å². The van der Waals surface area contributed by atoms with E-state index in [2.05, 4.69) is 0 Å². The van der Waals surface area contributed by atoms with E-state index >= 15 is 0 Å². The Labute approximate surface area is 103 Å². The molecule has 17 heavy (non-hydrogen) atoms. The van der Waals surface area contributed by atoms with Crippen molar-refractivity contribution in [1.82, 2.24) is 0 Å². The average Bonchev–Trinajstić information content (AvgIpc) is 2.76. The highest BCUT2D eigenvalue weighted by Crippen LogP contribution is 2.19. The molecule has 0 aliphatic carbocycles. The topological polar surface area (TPSA) is 52.3 Å². The summed E-state index contributed by atoms with van der Waals surface area (Å²) in [6, 6.07) is 4.52. The number of benzene rings is 1. The number of anilines is 1. The molecule has 0 aromatic heterocycles. The third kappa shape index (κ3) is 3.26. The summed E-state index contributed by atoms with van der Waals surface area (Å²) in [5.41, 5.74) is 6.39. The van der Waals surface area contributed by atoms with Gasteiger partial charge in [0, 0.05) is 28.7 Å². The SMILES string of the molecule is Nc1cccc(F)c1CS(=O)CC1CCCO1. The second-order valence-electron chi connectivity index (χ2n) is 4.19. The van der Waals surface area contributed by atoms with Gasteiger partial charge in [-0.3, -0.25) is 4.21 Å². The van der Waals surface area contributed by atoms with Gasteiger partial charge in [-0.25, -0.2) is 4.39 Å². The monoisotopic (exact) mass is 257 g/mol. The highest BCUT2D eigenvalue weighted by Gasteiger charge is 2.19. The van der Waals surface area contributed by atoms with Crippen molar-refractivity contribution in [2.75, 3.05) is 18.1 Å². The Bertz CT molecular complexity index is 399. The van der Waals surface area contributed by atoms with Gasteiger partial charge < -0.3 is 10.5 Å². The van der Waals surface area contributed by atoms with E-state index in [0.717, 1.165) is 19.4 Å². The van der Waals surface area contributed by atoms with Gasteiger partial charge >= 0.3 is 0 Å². The molecule has 94 valence electrons. The minimum absolute atomic E-state index is 0.0591. The normalized spacial score (nSPS) is 21.6. The van der Waals surface area contributed by atoms with Gasteiger partial charge in [-0.2, -0.15) is 0 Å². The molecule has 2 N–H and O–H groups in total. The second-order valence-corrected chi connectivity index (χ2v) is 5.70. The molecule has 1 aromatic rings. The first-order chi connectivity index (χ1) is 8.16. The molecule has 0 radical (unpaired) electrons. The number of nitrogens with two attached hydrogens (primary N) is 1. The fourth-order valence-corrected chi connectivity index (χ4v) is 3.35. The molecule has 1 heterocycles. The Hall–Kier alpha value is -0.940. The Balaban J connectivity index is 1.97. The summed E-state index contributed by atoms with van der Waals surface area (Å²) >= 11 is 0. The fraction of sp³-hybridized carbons (Fsp3) is 0.500. The number of ether oxygens (including phenoxy) is 1. The van der Waals surface area contributed by atoms with E-state index in [4.69, 9.17) is 10.5 Å². The standard InChI is InChI=1S/C12H16FNO2S/c13-11-4-1-5-12(14)10(11)8-17(15)7-9-3-2-6-16-9/h1,4-5,9H,2-3,6-8,14H2. The lowest BCUT2D eigenvalue weighted by Crippen LogP contribution is -2.17. The zero-order chi connectivity index (χ0) is 12.3. The summed E-state index contributed by atoms with van der Waals surface area (Å²) in [5.74, 6) is 0.247. The van der Waals surface area contributed by atoms with Gasteiger partial charge in [0.2, 0.25) is 0 Å². The number of hydrogen-bond donors (Lipinski definition) is 1. The van der Waals surface area contributed by atoms with Gasteiger partial charge in [-0.05, 0) is 25.0 Å². The molecule has 1 aliphatic rings. The minimum atomic E-state index is -1.13. The Morgan fingerprint density at radius 3 is 3.00 bits per heavy atom. The van der Waals surface area contributed by atoms with E-state index in [0.29, 0.717) is 17.0 Å². The summed E-state index contributed by atoms with van der Waals surface area (Å²) in [6.45, 7) is 0.740. The lowest BCUT2D eigenvalue weighted by atomic mass is 10.2. The molecule has 1 aromatic carbocycles. The fourth-order valence-electron chi connectivity index (χ4n) is 1.93. The van der Waals surface area contributed by atoms with Crippen LogP contribution < -0.4 is 5.73 Å². The molecule has 2 unspecified atom stereocenters. The lowest BCUT2D eigenvalue weighted by Gasteiger charge is -2.10. The number of rotatable bonds is 4. The van der Waals surface area contributed by atoms with Gasteiger partial charge in [0.1, 0.15) is 5.82 Å². The van der Waals surface area contributed by atoms with Crippen molar-refractivity contribution in [3.63, 3.8) is 0 Å². The van der Waals surface area contributed by atoms with Gasteiger partial charge in [0.25, 0.3) is 0 Å². The van der Waals surface area contributed by atoms with E-state index in [1.807, 2.05) is 0 Å². The molecule has 2 atom stereocenters. The highest BCUT2D eigenvalue weighted by atomic mass is 32.2. The molecule has 1 fully saturated rings.